The van der Waals surface area contributed by atoms with E-state index in [-0.39, 0.29) is 35.7 Å². The van der Waals surface area contributed by atoms with Crippen LogP contribution in [0, 0.1) is 5.92 Å². The molecule has 1 atom stereocenters. The number of rotatable bonds is 3. The number of hydrogen-bond acceptors (Lipinski definition) is 6. The Morgan fingerprint density at radius 3 is 2.89 bits per heavy atom. The smallest absolute Gasteiger partial charge is 0.302 e. The van der Waals surface area contributed by atoms with Gasteiger partial charge in [0, 0.05) is 18.9 Å². The zero-order chi connectivity index (χ0) is 14.2. The molecule has 2 N–H and O–H groups in total. The highest BCUT2D eigenvalue weighted by atomic mass is 35.5. The number of anilines is 2. The monoisotopic (exact) mass is 308 g/mol. The summed E-state index contributed by atoms with van der Waals surface area (Å²) in [5.41, 5.74) is 5.77. The number of halogens is 2. The number of hydrogen-bond donors (Lipinski definition) is 1. The maximum absolute atomic E-state index is 12.6. The first kappa shape index (κ1) is 13.9. The van der Waals surface area contributed by atoms with Gasteiger partial charge in [0.2, 0.25) is 11.2 Å². The fourth-order valence-electron chi connectivity index (χ4n) is 1.96. The number of nitrogens with zero attached hydrogens (tertiary/aromatic N) is 3. The van der Waals surface area contributed by atoms with Gasteiger partial charge in [0.1, 0.15) is 0 Å². The zero-order valence-electron chi connectivity index (χ0n) is 9.58. The average Bonchev–Trinajstić information content (AvgIpc) is 2.60. The molecule has 104 valence electrons. The van der Waals surface area contributed by atoms with E-state index in [1.165, 1.54) is 11.1 Å². The highest BCUT2D eigenvalue weighted by Crippen LogP contribution is 2.29. The minimum atomic E-state index is -4.62. The maximum Gasteiger partial charge on any atom is 0.302 e. The summed E-state index contributed by atoms with van der Waals surface area (Å²) in [6.45, 7) is 0.0273. The number of nitrogen functional groups attached to an aromatic ring is 1. The molecule has 7 nitrogen and oxygen atoms in total. The van der Waals surface area contributed by atoms with Crippen LogP contribution in [-0.2, 0) is 15.0 Å². The fraction of sp³-hybridized carbons (Fsp3) is 0.444. The van der Waals surface area contributed by atoms with Gasteiger partial charge in [-0.1, -0.05) is 0 Å². The Morgan fingerprint density at radius 1 is 1.58 bits per heavy atom. The molecule has 1 aliphatic rings. The predicted octanol–water partition coefficient (Wildman–Crippen LogP) is 0.364. The molecule has 2 rings (SSSR count). The van der Waals surface area contributed by atoms with Crippen molar-refractivity contribution in [2.24, 2.45) is 5.92 Å². The van der Waals surface area contributed by atoms with E-state index in [9.17, 15) is 17.1 Å². The van der Waals surface area contributed by atoms with Crippen molar-refractivity contribution in [2.45, 2.75) is 6.42 Å². The first-order chi connectivity index (χ1) is 8.76. The summed E-state index contributed by atoms with van der Waals surface area (Å²) in [4.78, 5) is 20.5. The lowest BCUT2D eigenvalue weighted by atomic mass is 10.1. The zero-order valence-corrected chi connectivity index (χ0v) is 11.2. The first-order valence-corrected chi connectivity index (χ1v) is 7.20. The van der Waals surface area contributed by atoms with Crippen molar-refractivity contribution in [1.82, 2.24) is 9.97 Å². The van der Waals surface area contributed by atoms with E-state index < -0.39 is 21.9 Å². The lowest BCUT2D eigenvalue weighted by molar-refractivity contribution is -0.117. The van der Waals surface area contributed by atoms with Gasteiger partial charge >= 0.3 is 10.2 Å². The van der Waals surface area contributed by atoms with Crippen molar-refractivity contribution in [2.75, 3.05) is 22.9 Å². The van der Waals surface area contributed by atoms with Crippen LogP contribution in [-0.4, -0.2) is 36.6 Å². The van der Waals surface area contributed by atoms with Crippen LogP contribution >= 0.6 is 11.6 Å². The topological polar surface area (TPSA) is 106 Å². The molecule has 0 aliphatic carbocycles. The Balaban J connectivity index is 2.23. The number of amides is 1. The summed E-state index contributed by atoms with van der Waals surface area (Å²) < 4.78 is 33.8. The van der Waals surface area contributed by atoms with Gasteiger partial charge in [-0.25, -0.2) is 4.98 Å². The van der Waals surface area contributed by atoms with Crippen LogP contribution in [0.25, 0.3) is 0 Å². The Kier molecular flexibility index (Phi) is 3.59. The van der Waals surface area contributed by atoms with E-state index in [4.69, 9.17) is 17.3 Å². The van der Waals surface area contributed by atoms with Crippen molar-refractivity contribution >= 4 is 39.2 Å². The van der Waals surface area contributed by atoms with E-state index in [0.717, 1.165) is 0 Å². The molecule has 19 heavy (non-hydrogen) atoms. The molecular formula is C9H10ClFN4O3S. The average molecular weight is 309 g/mol. The second-order valence-electron chi connectivity index (χ2n) is 4.20. The molecule has 1 aliphatic heterocycles. The van der Waals surface area contributed by atoms with Crippen molar-refractivity contribution in [3.63, 3.8) is 0 Å². The molecule has 1 unspecified atom stereocenters. The Bertz CT molecular complexity index is 624. The van der Waals surface area contributed by atoms with Crippen LogP contribution in [0.4, 0.5) is 15.4 Å². The quantitative estimate of drug-likeness (QED) is 0.638. The molecule has 1 amide bonds. The Morgan fingerprint density at radius 2 is 2.26 bits per heavy atom. The number of nitrogens with two attached hydrogens (primary N) is 1. The molecule has 1 aromatic heterocycles. The standard InChI is InChI=1S/C9H10ClFN4O3S/c10-9-13-2-6(12)8(14-9)15-3-5(1-7(15)16)4-19(11,17)18/h2,5H,1,3-4,12H2. The van der Waals surface area contributed by atoms with Crippen LogP contribution in [0.15, 0.2) is 6.20 Å². The summed E-state index contributed by atoms with van der Waals surface area (Å²) in [6.07, 6.45) is 1.17. The summed E-state index contributed by atoms with van der Waals surface area (Å²) in [5, 5.41) is -0.0847. The highest BCUT2D eigenvalue weighted by Gasteiger charge is 2.35. The first-order valence-electron chi connectivity index (χ1n) is 5.27. The molecule has 1 saturated heterocycles. The Labute approximate surface area is 113 Å². The van der Waals surface area contributed by atoms with E-state index in [0.29, 0.717) is 0 Å². The minimum Gasteiger partial charge on any atom is -0.394 e. The van der Waals surface area contributed by atoms with Crippen LogP contribution in [0.1, 0.15) is 6.42 Å². The summed E-state index contributed by atoms with van der Waals surface area (Å²) in [6, 6.07) is 0. The molecule has 0 aromatic carbocycles. The maximum atomic E-state index is 12.6. The minimum absolute atomic E-state index is 0.0273. The highest BCUT2D eigenvalue weighted by molar-refractivity contribution is 7.86. The van der Waals surface area contributed by atoms with Gasteiger partial charge in [-0.15, -0.1) is 3.89 Å². The van der Waals surface area contributed by atoms with Gasteiger partial charge in [0.15, 0.2) is 5.82 Å². The lowest BCUT2D eigenvalue weighted by Crippen LogP contribution is -2.27. The van der Waals surface area contributed by atoms with Crippen LogP contribution in [0.2, 0.25) is 5.28 Å². The van der Waals surface area contributed by atoms with Crippen molar-refractivity contribution in [3.05, 3.63) is 11.5 Å². The van der Waals surface area contributed by atoms with Gasteiger partial charge < -0.3 is 5.73 Å². The van der Waals surface area contributed by atoms with Gasteiger partial charge in [-0.3, -0.25) is 9.69 Å². The third kappa shape index (κ3) is 3.29. The van der Waals surface area contributed by atoms with Crippen molar-refractivity contribution in [3.8, 4) is 0 Å². The third-order valence-corrected chi connectivity index (χ3v) is 3.71. The van der Waals surface area contributed by atoms with Crippen molar-refractivity contribution in [1.29, 1.82) is 0 Å². The van der Waals surface area contributed by atoms with Gasteiger partial charge in [-0.05, 0) is 11.6 Å². The van der Waals surface area contributed by atoms with Crippen LogP contribution in [0.3, 0.4) is 0 Å². The lowest BCUT2D eigenvalue weighted by Gasteiger charge is -2.16. The van der Waals surface area contributed by atoms with Crippen LogP contribution in [0.5, 0.6) is 0 Å². The number of aromatic nitrogens is 2. The summed E-state index contributed by atoms with van der Waals surface area (Å²) in [5.74, 6) is -1.59. The molecule has 2 heterocycles. The number of carbonyl (C=O) groups is 1. The molecule has 0 saturated carbocycles. The normalized spacial score (nSPS) is 20.0. The number of carbonyl (C=O) groups excluding carboxylic acids is 1. The van der Waals surface area contributed by atoms with E-state index in [1.54, 1.807) is 0 Å². The summed E-state index contributed by atoms with van der Waals surface area (Å²) >= 11 is 5.61. The van der Waals surface area contributed by atoms with Gasteiger partial charge in [-0.2, -0.15) is 13.4 Å². The predicted molar refractivity (Wildman–Crippen MR) is 66.8 cm³/mol. The molecular weight excluding hydrogens is 299 g/mol. The second-order valence-corrected chi connectivity index (χ2v) is 5.95. The largest absolute Gasteiger partial charge is 0.394 e. The molecule has 0 spiro atoms. The molecule has 1 aromatic rings. The van der Waals surface area contributed by atoms with Crippen LogP contribution < -0.4 is 10.6 Å². The second kappa shape index (κ2) is 4.89. The third-order valence-electron chi connectivity index (χ3n) is 2.66. The van der Waals surface area contributed by atoms with Crippen molar-refractivity contribution < 1.29 is 17.1 Å². The fourth-order valence-corrected chi connectivity index (χ4v) is 2.87. The van der Waals surface area contributed by atoms with Gasteiger partial charge in [0.25, 0.3) is 0 Å². The molecule has 1 fully saturated rings. The van der Waals surface area contributed by atoms with E-state index in [1.807, 2.05) is 0 Å². The van der Waals surface area contributed by atoms with E-state index in [2.05, 4.69) is 9.97 Å². The molecule has 10 heteroatoms. The van der Waals surface area contributed by atoms with E-state index >= 15 is 0 Å². The summed E-state index contributed by atoms with van der Waals surface area (Å²) in [7, 11) is -4.62. The molecule has 0 radical (unpaired) electrons. The molecule has 0 bridgehead atoms. The van der Waals surface area contributed by atoms with Gasteiger partial charge in [0.05, 0.1) is 17.6 Å². The SMILES string of the molecule is Nc1cnc(Cl)nc1N1CC(CS(=O)(=O)F)CC1=O. The Hall–Kier alpha value is -1.48.